The van der Waals surface area contributed by atoms with Crippen LogP contribution in [0.4, 0.5) is 13.2 Å². The van der Waals surface area contributed by atoms with E-state index in [0.717, 1.165) is 49.2 Å². The maximum Gasteiger partial charge on any atom is 0.416 e. The Bertz CT molecular complexity index is 1380. The van der Waals surface area contributed by atoms with Crippen LogP contribution in [0.15, 0.2) is 83.8 Å². The molecule has 0 amide bonds. The zero-order valence-corrected chi connectivity index (χ0v) is 23.1. The average molecular weight is 573 g/mol. The van der Waals surface area contributed by atoms with E-state index in [1.807, 2.05) is 61.5 Å². The Balaban J connectivity index is 1.50. The molecule has 204 valence electrons. The van der Waals surface area contributed by atoms with Gasteiger partial charge in [0.1, 0.15) is 18.1 Å². The average Bonchev–Trinajstić information content (AvgIpc) is 3.33. The molecule has 4 aromatic rings. The van der Waals surface area contributed by atoms with Gasteiger partial charge < -0.3 is 14.2 Å². The third-order valence-electron chi connectivity index (χ3n) is 5.70. The molecular weight excluding hydrogens is 545 g/mol. The van der Waals surface area contributed by atoms with Crippen molar-refractivity contribution in [2.75, 3.05) is 13.2 Å². The molecular formula is C30H27F3O4S2. The Morgan fingerprint density at radius 1 is 0.949 bits per heavy atom. The molecule has 0 spiro atoms. The van der Waals surface area contributed by atoms with Crippen LogP contribution >= 0.6 is 23.1 Å². The Labute approximate surface area is 233 Å². The van der Waals surface area contributed by atoms with E-state index < -0.39 is 17.7 Å². The fourth-order valence-corrected chi connectivity index (χ4v) is 6.01. The SMILES string of the molecule is CCOC(=O)COc1ccc(SCc2sc(-c3ccc(C(F)(F)F)cc3)cc2COc2ccccc2)cc1C. The highest BCUT2D eigenvalue weighted by Gasteiger charge is 2.30. The van der Waals surface area contributed by atoms with Crippen LogP contribution in [-0.4, -0.2) is 19.2 Å². The van der Waals surface area contributed by atoms with Gasteiger partial charge in [0.15, 0.2) is 6.61 Å². The van der Waals surface area contributed by atoms with E-state index in [-0.39, 0.29) is 6.61 Å². The van der Waals surface area contributed by atoms with Crippen LogP contribution in [0.1, 0.15) is 28.5 Å². The van der Waals surface area contributed by atoms with Crippen molar-refractivity contribution in [2.24, 2.45) is 0 Å². The third-order valence-corrected chi connectivity index (χ3v) is 8.13. The number of para-hydroxylation sites is 1. The largest absolute Gasteiger partial charge is 0.489 e. The number of alkyl halides is 3. The Morgan fingerprint density at radius 2 is 1.69 bits per heavy atom. The lowest BCUT2D eigenvalue weighted by atomic mass is 10.1. The second-order valence-corrected chi connectivity index (χ2v) is 10.7. The summed E-state index contributed by atoms with van der Waals surface area (Å²) in [4.78, 5) is 14.6. The van der Waals surface area contributed by atoms with Crippen molar-refractivity contribution in [3.63, 3.8) is 0 Å². The quantitative estimate of drug-likeness (QED) is 0.133. The number of hydrogen-bond donors (Lipinski definition) is 0. The summed E-state index contributed by atoms with van der Waals surface area (Å²) in [6, 6.07) is 22.5. The second kappa shape index (κ2) is 13.1. The molecule has 0 N–H and O–H groups in total. The molecule has 0 radical (unpaired) electrons. The van der Waals surface area contributed by atoms with Gasteiger partial charge in [0.25, 0.3) is 0 Å². The van der Waals surface area contributed by atoms with Gasteiger partial charge in [-0.3, -0.25) is 0 Å². The van der Waals surface area contributed by atoms with Crippen molar-refractivity contribution < 1.29 is 32.2 Å². The lowest BCUT2D eigenvalue weighted by molar-refractivity contribution is -0.145. The number of rotatable bonds is 11. The summed E-state index contributed by atoms with van der Waals surface area (Å²) >= 11 is 3.18. The number of benzene rings is 3. The molecule has 0 saturated heterocycles. The number of esters is 1. The van der Waals surface area contributed by atoms with Gasteiger partial charge >= 0.3 is 12.1 Å². The van der Waals surface area contributed by atoms with Crippen LogP contribution in [0.2, 0.25) is 0 Å². The third kappa shape index (κ3) is 8.03. The first-order valence-electron chi connectivity index (χ1n) is 12.2. The van der Waals surface area contributed by atoms with Crippen molar-refractivity contribution in [3.8, 4) is 21.9 Å². The molecule has 3 aromatic carbocycles. The summed E-state index contributed by atoms with van der Waals surface area (Å²) in [5.41, 5.74) is 1.94. The lowest BCUT2D eigenvalue weighted by Gasteiger charge is -2.10. The summed E-state index contributed by atoms with van der Waals surface area (Å²) in [7, 11) is 0. The van der Waals surface area contributed by atoms with Gasteiger partial charge in [-0.1, -0.05) is 30.3 Å². The van der Waals surface area contributed by atoms with E-state index in [1.54, 1.807) is 30.0 Å². The molecule has 39 heavy (non-hydrogen) atoms. The van der Waals surface area contributed by atoms with E-state index in [1.165, 1.54) is 12.1 Å². The van der Waals surface area contributed by atoms with Gasteiger partial charge in [0.05, 0.1) is 12.2 Å². The molecule has 0 aliphatic rings. The van der Waals surface area contributed by atoms with Crippen molar-refractivity contribution >= 4 is 29.1 Å². The molecule has 0 aliphatic heterocycles. The highest BCUT2D eigenvalue weighted by atomic mass is 32.2. The minimum Gasteiger partial charge on any atom is -0.489 e. The molecule has 0 saturated carbocycles. The summed E-state index contributed by atoms with van der Waals surface area (Å²) in [5, 5.41) is 0. The first-order chi connectivity index (χ1) is 18.7. The van der Waals surface area contributed by atoms with Gasteiger partial charge in [-0.2, -0.15) is 13.2 Å². The van der Waals surface area contributed by atoms with E-state index in [9.17, 15) is 18.0 Å². The van der Waals surface area contributed by atoms with Crippen molar-refractivity contribution in [3.05, 3.63) is 100 Å². The smallest absolute Gasteiger partial charge is 0.416 e. The molecule has 4 nitrogen and oxygen atoms in total. The van der Waals surface area contributed by atoms with Crippen LogP contribution < -0.4 is 9.47 Å². The van der Waals surface area contributed by atoms with E-state index in [0.29, 0.717) is 24.7 Å². The standard InChI is InChI=1S/C30H27F3O4S2/c1-3-35-29(34)18-37-26-14-13-25(15-20(26)2)38-19-28-22(17-36-24-7-5-4-6-8-24)16-27(39-28)21-9-11-23(12-10-21)30(31,32)33/h4-16H,3,17-19H2,1-2H3. The molecule has 0 aliphatic carbocycles. The summed E-state index contributed by atoms with van der Waals surface area (Å²) < 4.78 is 55.6. The molecule has 0 fully saturated rings. The van der Waals surface area contributed by atoms with Gasteiger partial charge in [-0.25, -0.2) is 4.79 Å². The maximum atomic E-state index is 13.0. The second-order valence-electron chi connectivity index (χ2n) is 8.55. The highest BCUT2D eigenvalue weighted by Crippen LogP contribution is 2.38. The van der Waals surface area contributed by atoms with Crippen molar-refractivity contribution in [2.45, 2.75) is 37.3 Å². The highest BCUT2D eigenvalue weighted by molar-refractivity contribution is 7.98. The van der Waals surface area contributed by atoms with E-state index >= 15 is 0 Å². The van der Waals surface area contributed by atoms with Gasteiger partial charge in [0, 0.05) is 26.0 Å². The minimum absolute atomic E-state index is 0.145. The zero-order chi connectivity index (χ0) is 27.8. The molecule has 0 bridgehead atoms. The van der Waals surface area contributed by atoms with Crippen LogP contribution in [0.25, 0.3) is 10.4 Å². The molecule has 0 atom stereocenters. The number of aryl methyl sites for hydroxylation is 1. The number of halogens is 3. The predicted molar refractivity (Wildman–Crippen MR) is 148 cm³/mol. The Kier molecular flexibility index (Phi) is 9.59. The molecule has 0 unspecified atom stereocenters. The van der Waals surface area contributed by atoms with E-state index in [4.69, 9.17) is 14.2 Å². The van der Waals surface area contributed by atoms with Crippen molar-refractivity contribution in [1.29, 1.82) is 0 Å². The monoisotopic (exact) mass is 572 g/mol. The molecule has 4 rings (SSSR count). The number of hydrogen-bond acceptors (Lipinski definition) is 6. The fraction of sp³-hybridized carbons (Fsp3) is 0.233. The Morgan fingerprint density at radius 3 is 2.36 bits per heavy atom. The number of ether oxygens (including phenoxy) is 3. The zero-order valence-electron chi connectivity index (χ0n) is 21.4. The van der Waals surface area contributed by atoms with Gasteiger partial charge in [0.2, 0.25) is 0 Å². The van der Waals surface area contributed by atoms with Gasteiger partial charge in [-0.15, -0.1) is 23.1 Å². The summed E-state index contributed by atoms with van der Waals surface area (Å²) in [6.07, 6.45) is -4.37. The van der Waals surface area contributed by atoms with Crippen LogP contribution in [0.3, 0.4) is 0 Å². The molecule has 1 heterocycles. The number of carbonyl (C=O) groups excluding carboxylic acids is 1. The van der Waals surface area contributed by atoms with Crippen LogP contribution in [0.5, 0.6) is 11.5 Å². The van der Waals surface area contributed by atoms with Crippen molar-refractivity contribution in [1.82, 2.24) is 0 Å². The molecule has 9 heteroatoms. The lowest BCUT2D eigenvalue weighted by Crippen LogP contribution is -2.14. The van der Waals surface area contributed by atoms with Gasteiger partial charge in [-0.05, 0) is 73.5 Å². The molecule has 1 aromatic heterocycles. The topological polar surface area (TPSA) is 44.8 Å². The first kappa shape index (κ1) is 28.6. The minimum atomic E-state index is -4.37. The number of thioether (sulfide) groups is 1. The summed E-state index contributed by atoms with van der Waals surface area (Å²) in [6.45, 7) is 4.16. The van der Waals surface area contributed by atoms with Crippen LogP contribution in [-0.2, 0) is 28.1 Å². The Hall–Kier alpha value is -3.43. The first-order valence-corrected chi connectivity index (χ1v) is 14.0. The van der Waals surface area contributed by atoms with Crippen LogP contribution in [0, 0.1) is 6.92 Å². The predicted octanol–water partition coefficient (Wildman–Crippen LogP) is 8.56. The van der Waals surface area contributed by atoms with E-state index in [2.05, 4.69) is 0 Å². The number of carbonyl (C=O) groups is 1. The number of thiophene rings is 1. The normalized spacial score (nSPS) is 11.3. The summed E-state index contributed by atoms with van der Waals surface area (Å²) in [5.74, 6) is 1.60. The maximum absolute atomic E-state index is 13.0. The fourth-order valence-electron chi connectivity index (χ4n) is 3.72.